The van der Waals surface area contributed by atoms with Crippen molar-refractivity contribution in [2.75, 3.05) is 26.3 Å². The zero-order chi connectivity index (χ0) is 23.7. The van der Waals surface area contributed by atoms with Crippen LogP contribution in [0.15, 0.2) is 48.5 Å². The summed E-state index contributed by atoms with van der Waals surface area (Å²) in [5.74, 6) is -1.52. The van der Waals surface area contributed by atoms with Crippen molar-refractivity contribution in [1.29, 1.82) is 0 Å². The van der Waals surface area contributed by atoms with Crippen molar-refractivity contribution in [3.63, 3.8) is 0 Å². The summed E-state index contributed by atoms with van der Waals surface area (Å²) in [4.78, 5) is 38.0. The average molecular weight is 465 g/mol. The molecule has 2 aliphatic heterocycles. The first kappa shape index (κ1) is 22.4. The van der Waals surface area contributed by atoms with E-state index in [1.54, 1.807) is 0 Å². The number of amides is 2. The van der Waals surface area contributed by atoms with E-state index < -0.39 is 18.1 Å². The lowest BCUT2D eigenvalue weighted by molar-refractivity contribution is -0.149. The van der Waals surface area contributed by atoms with E-state index in [-0.39, 0.29) is 43.6 Å². The molecule has 2 amide bonds. The molecule has 3 aliphatic rings. The van der Waals surface area contributed by atoms with Crippen molar-refractivity contribution in [2.24, 2.45) is 5.92 Å². The summed E-state index contributed by atoms with van der Waals surface area (Å²) in [6.45, 7) is 1.18. The average Bonchev–Trinajstić information content (AvgIpc) is 3.59. The van der Waals surface area contributed by atoms with Crippen LogP contribution in [0.4, 0.5) is 4.79 Å². The Hall–Kier alpha value is -3.39. The van der Waals surface area contributed by atoms with Gasteiger partial charge >= 0.3 is 12.1 Å². The van der Waals surface area contributed by atoms with Gasteiger partial charge in [0.2, 0.25) is 5.91 Å². The SMILES string of the molecule is O=C(NC[C@@H]1C[C@H](C(=O)N2CCC[C@@H]2C(=O)O)CO1)OCC1c2ccccc2-c2ccccc21. The van der Waals surface area contributed by atoms with Crippen LogP contribution >= 0.6 is 0 Å². The van der Waals surface area contributed by atoms with Crippen LogP contribution in [0, 0.1) is 5.92 Å². The number of ether oxygens (including phenoxy) is 2. The molecule has 0 unspecified atom stereocenters. The van der Waals surface area contributed by atoms with Crippen LogP contribution in [-0.4, -0.2) is 66.4 Å². The lowest BCUT2D eigenvalue weighted by Crippen LogP contribution is -2.43. The third kappa shape index (κ3) is 4.25. The molecule has 34 heavy (non-hydrogen) atoms. The van der Waals surface area contributed by atoms with Crippen LogP contribution in [0.2, 0.25) is 0 Å². The molecule has 0 saturated carbocycles. The van der Waals surface area contributed by atoms with E-state index in [1.165, 1.54) is 16.0 Å². The predicted molar refractivity (Wildman–Crippen MR) is 123 cm³/mol. The molecule has 0 bridgehead atoms. The molecule has 1 aliphatic carbocycles. The third-order valence-electron chi connectivity index (χ3n) is 7.07. The molecular weight excluding hydrogens is 436 g/mol. The zero-order valence-electron chi connectivity index (χ0n) is 18.8. The molecule has 2 saturated heterocycles. The number of rotatable bonds is 6. The topological polar surface area (TPSA) is 105 Å². The van der Waals surface area contributed by atoms with E-state index in [0.717, 1.165) is 11.1 Å². The van der Waals surface area contributed by atoms with Crippen LogP contribution in [-0.2, 0) is 19.1 Å². The van der Waals surface area contributed by atoms with Crippen LogP contribution in [0.1, 0.15) is 36.3 Å². The van der Waals surface area contributed by atoms with Crippen LogP contribution in [0.5, 0.6) is 0 Å². The second-order valence-corrected chi connectivity index (χ2v) is 9.12. The minimum atomic E-state index is -0.960. The van der Waals surface area contributed by atoms with Gasteiger partial charge in [0, 0.05) is 19.0 Å². The van der Waals surface area contributed by atoms with Gasteiger partial charge in [-0.05, 0) is 41.5 Å². The molecule has 2 aromatic carbocycles. The number of nitrogens with zero attached hydrogens (tertiary/aromatic N) is 1. The number of carboxylic acids is 1. The van der Waals surface area contributed by atoms with Gasteiger partial charge < -0.3 is 24.8 Å². The van der Waals surface area contributed by atoms with Gasteiger partial charge in [-0.3, -0.25) is 4.79 Å². The van der Waals surface area contributed by atoms with Crippen LogP contribution < -0.4 is 5.32 Å². The highest BCUT2D eigenvalue weighted by atomic mass is 16.5. The Morgan fingerprint density at radius 1 is 1.06 bits per heavy atom. The molecule has 2 aromatic rings. The van der Waals surface area contributed by atoms with Gasteiger partial charge in [0.15, 0.2) is 0 Å². The Morgan fingerprint density at radius 3 is 2.41 bits per heavy atom. The Kier molecular flexibility index (Phi) is 6.24. The third-order valence-corrected chi connectivity index (χ3v) is 7.07. The number of alkyl carbamates (subject to hydrolysis) is 1. The molecule has 0 radical (unpaired) electrons. The Balaban J connectivity index is 1.11. The Morgan fingerprint density at radius 2 is 1.74 bits per heavy atom. The second-order valence-electron chi connectivity index (χ2n) is 9.12. The van der Waals surface area contributed by atoms with Crippen molar-refractivity contribution in [2.45, 2.75) is 37.3 Å². The number of nitrogens with one attached hydrogen (secondary N) is 1. The molecule has 5 rings (SSSR count). The van der Waals surface area contributed by atoms with Gasteiger partial charge in [-0.1, -0.05) is 48.5 Å². The molecule has 8 heteroatoms. The number of benzene rings is 2. The summed E-state index contributed by atoms with van der Waals surface area (Å²) in [7, 11) is 0. The first-order valence-corrected chi connectivity index (χ1v) is 11.8. The van der Waals surface area contributed by atoms with E-state index in [0.29, 0.717) is 25.8 Å². The molecule has 8 nitrogen and oxygen atoms in total. The predicted octanol–water partition coefficient (Wildman–Crippen LogP) is 3.01. The maximum Gasteiger partial charge on any atom is 0.407 e. The monoisotopic (exact) mass is 464 g/mol. The summed E-state index contributed by atoms with van der Waals surface area (Å²) in [5.41, 5.74) is 4.65. The van der Waals surface area contributed by atoms with E-state index in [4.69, 9.17) is 9.47 Å². The normalized spacial score (nSPS) is 23.4. The van der Waals surface area contributed by atoms with Crippen LogP contribution in [0.25, 0.3) is 11.1 Å². The lowest BCUT2D eigenvalue weighted by atomic mass is 9.98. The number of carbonyl (C=O) groups is 3. The molecular formula is C26H28N2O6. The minimum Gasteiger partial charge on any atom is -0.480 e. The molecule has 2 fully saturated rings. The summed E-state index contributed by atoms with van der Waals surface area (Å²) >= 11 is 0. The molecule has 178 valence electrons. The molecule has 3 atom stereocenters. The first-order valence-electron chi connectivity index (χ1n) is 11.8. The maximum absolute atomic E-state index is 12.8. The number of hydrogen-bond donors (Lipinski definition) is 2. The standard InChI is InChI=1S/C26H28N2O6/c29-24(28-11-5-10-23(28)25(30)31)16-12-17(33-14-16)13-27-26(32)34-15-22-20-8-3-1-6-18(20)19-7-2-4-9-21(19)22/h1-4,6-9,16-17,22-23H,5,10-15H2,(H,27,32)(H,30,31)/t16-,17-,23+/m0/s1. The minimum absolute atomic E-state index is 0.00877. The summed E-state index contributed by atoms with van der Waals surface area (Å²) in [6, 6.07) is 15.6. The maximum atomic E-state index is 12.8. The summed E-state index contributed by atoms with van der Waals surface area (Å²) in [6.07, 6.45) is 0.807. The van der Waals surface area contributed by atoms with E-state index in [1.807, 2.05) is 24.3 Å². The Labute approximate surface area is 197 Å². The van der Waals surface area contributed by atoms with Crippen molar-refractivity contribution in [1.82, 2.24) is 10.2 Å². The van der Waals surface area contributed by atoms with Gasteiger partial charge in [0.1, 0.15) is 12.6 Å². The van der Waals surface area contributed by atoms with E-state index in [2.05, 4.69) is 29.6 Å². The van der Waals surface area contributed by atoms with Crippen molar-refractivity contribution >= 4 is 18.0 Å². The van der Waals surface area contributed by atoms with Gasteiger partial charge in [-0.2, -0.15) is 0 Å². The largest absolute Gasteiger partial charge is 0.480 e. The molecule has 2 heterocycles. The molecule has 0 aromatic heterocycles. The van der Waals surface area contributed by atoms with Gasteiger partial charge in [-0.15, -0.1) is 0 Å². The van der Waals surface area contributed by atoms with E-state index in [9.17, 15) is 19.5 Å². The first-order chi connectivity index (χ1) is 16.5. The highest BCUT2D eigenvalue weighted by molar-refractivity contribution is 5.86. The molecule has 2 N–H and O–H groups in total. The molecule has 0 spiro atoms. The van der Waals surface area contributed by atoms with Crippen molar-refractivity contribution in [3.8, 4) is 11.1 Å². The summed E-state index contributed by atoms with van der Waals surface area (Å²) < 4.78 is 11.2. The highest BCUT2D eigenvalue weighted by Gasteiger charge is 2.40. The zero-order valence-corrected chi connectivity index (χ0v) is 18.8. The Bertz CT molecular complexity index is 1060. The smallest absolute Gasteiger partial charge is 0.407 e. The number of carboxylic acid groups (broad SMARTS) is 1. The van der Waals surface area contributed by atoms with Crippen LogP contribution in [0.3, 0.4) is 0 Å². The highest BCUT2D eigenvalue weighted by Crippen LogP contribution is 2.44. The van der Waals surface area contributed by atoms with Gasteiger partial charge in [0.25, 0.3) is 0 Å². The lowest BCUT2D eigenvalue weighted by Gasteiger charge is -2.24. The number of fused-ring (bicyclic) bond motifs is 3. The van der Waals surface area contributed by atoms with Gasteiger partial charge in [0.05, 0.1) is 18.6 Å². The fourth-order valence-electron chi connectivity index (χ4n) is 5.39. The van der Waals surface area contributed by atoms with Crippen molar-refractivity contribution < 1.29 is 29.0 Å². The quantitative estimate of drug-likeness (QED) is 0.681. The van der Waals surface area contributed by atoms with E-state index >= 15 is 0 Å². The fraction of sp³-hybridized carbons (Fsp3) is 0.423. The van der Waals surface area contributed by atoms with Gasteiger partial charge in [-0.25, -0.2) is 9.59 Å². The second kappa shape index (κ2) is 9.46. The number of likely N-dealkylation sites (tertiary alicyclic amines) is 1. The summed E-state index contributed by atoms with van der Waals surface area (Å²) in [5, 5.41) is 12.1. The number of hydrogen-bond acceptors (Lipinski definition) is 5. The number of aliphatic carboxylic acids is 1. The van der Waals surface area contributed by atoms with Crippen molar-refractivity contribution in [3.05, 3.63) is 59.7 Å². The number of carbonyl (C=O) groups excluding carboxylic acids is 2. The fourth-order valence-corrected chi connectivity index (χ4v) is 5.39.